The van der Waals surface area contributed by atoms with Gasteiger partial charge in [0.1, 0.15) is 17.4 Å². The third kappa shape index (κ3) is 5.11. The fraction of sp³-hybridized carbons (Fsp3) is 0.478. The Morgan fingerprint density at radius 1 is 1.22 bits per heavy atom. The maximum absolute atomic E-state index is 12.9. The van der Waals surface area contributed by atoms with Crippen molar-refractivity contribution < 1.29 is 13.2 Å². The van der Waals surface area contributed by atoms with Crippen LogP contribution in [-0.4, -0.2) is 70.5 Å². The van der Waals surface area contributed by atoms with Crippen molar-refractivity contribution in [3.63, 3.8) is 0 Å². The van der Waals surface area contributed by atoms with Gasteiger partial charge in [0, 0.05) is 36.1 Å². The molecule has 1 fully saturated rings. The number of amides is 1. The van der Waals surface area contributed by atoms with Crippen molar-refractivity contribution in [3.8, 4) is 0 Å². The van der Waals surface area contributed by atoms with Crippen molar-refractivity contribution in [2.75, 3.05) is 41.8 Å². The molecule has 1 amide bonds. The Morgan fingerprint density at radius 2 is 2.00 bits per heavy atom. The molecule has 5 N–H and O–H groups in total. The van der Waals surface area contributed by atoms with E-state index in [1.54, 1.807) is 13.3 Å². The Kier molecular flexibility index (Phi) is 7.39. The number of sulfone groups is 1. The van der Waals surface area contributed by atoms with Crippen LogP contribution in [-0.2, 0) is 27.6 Å². The zero-order valence-corrected chi connectivity index (χ0v) is 21.9. The van der Waals surface area contributed by atoms with E-state index >= 15 is 0 Å². The van der Waals surface area contributed by atoms with Crippen molar-refractivity contribution in [2.45, 2.75) is 38.8 Å². The number of hydrogen-bond donors (Lipinski definition) is 3. The predicted octanol–water partition coefficient (Wildman–Crippen LogP) is 1.13. The molecule has 0 unspecified atom stereocenters. The predicted molar refractivity (Wildman–Crippen MR) is 141 cm³/mol. The SMILES string of the molecule is CCc1c(Cl)ccc(N2CC[C@](N)(C(=O)NCCS(=O)(=O)CC)C2)c1Cn1cnc2c(N)ncnc21. The lowest BCUT2D eigenvalue weighted by Crippen LogP contribution is -2.56. The molecule has 1 saturated heterocycles. The normalized spacial score (nSPS) is 18.2. The summed E-state index contributed by atoms with van der Waals surface area (Å²) in [5.74, 6) is -0.112. The molecule has 1 atom stereocenters. The van der Waals surface area contributed by atoms with E-state index < -0.39 is 15.4 Å². The van der Waals surface area contributed by atoms with Crippen molar-refractivity contribution in [2.24, 2.45) is 5.73 Å². The summed E-state index contributed by atoms with van der Waals surface area (Å²) in [4.78, 5) is 27.7. The van der Waals surface area contributed by atoms with Gasteiger partial charge in [0.15, 0.2) is 21.3 Å². The average molecular weight is 535 g/mol. The first-order valence-corrected chi connectivity index (χ1v) is 14.0. The summed E-state index contributed by atoms with van der Waals surface area (Å²) in [5, 5.41) is 3.36. The first-order valence-electron chi connectivity index (χ1n) is 11.8. The van der Waals surface area contributed by atoms with Gasteiger partial charge in [-0.15, -0.1) is 0 Å². The standard InChI is InChI=1S/C23H31ClN8O3S/c1-3-15-16(11-32-14-30-19-20(25)28-13-29-21(19)32)18(6-5-17(15)24)31-9-7-23(26,12-31)22(33)27-8-10-36(34,35)4-2/h5-6,13-14H,3-4,7-12,26H2,1-2H3,(H,27,33)(H2,25,28,29)/t23-/m1/s1. The Bertz CT molecular complexity index is 1390. The molecular formula is C23H31ClN8O3S. The number of carbonyl (C=O) groups is 1. The van der Waals surface area contributed by atoms with E-state index in [1.807, 2.05) is 23.6 Å². The van der Waals surface area contributed by atoms with Crippen LogP contribution in [0.15, 0.2) is 24.8 Å². The van der Waals surface area contributed by atoms with Gasteiger partial charge in [-0.3, -0.25) is 4.79 Å². The number of hydrogen-bond acceptors (Lipinski definition) is 9. The minimum absolute atomic E-state index is 0.0361. The van der Waals surface area contributed by atoms with Crippen LogP contribution in [0.25, 0.3) is 11.2 Å². The van der Waals surface area contributed by atoms with E-state index in [0.29, 0.717) is 47.9 Å². The summed E-state index contributed by atoms with van der Waals surface area (Å²) in [6.45, 7) is 4.96. The van der Waals surface area contributed by atoms with Crippen LogP contribution in [0.2, 0.25) is 5.02 Å². The quantitative estimate of drug-likeness (QED) is 0.365. The van der Waals surface area contributed by atoms with E-state index in [0.717, 1.165) is 16.8 Å². The minimum atomic E-state index is -3.18. The number of benzene rings is 1. The molecule has 3 aromatic rings. The van der Waals surface area contributed by atoms with E-state index in [-0.39, 0.29) is 30.5 Å². The number of rotatable bonds is 9. The number of nitrogens with zero attached hydrogens (tertiary/aromatic N) is 5. The van der Waals surface area contributed by atoms with Crippen LogP contribution in [0.3, 0.4) is 0 Å². The lowest BCUT2D eigenvalue weighted by molar-refractivity contribution is -0.125. The maximum atomic E-state index is 12.9. The van der Waals surface area contributed by atoms with E-state index in [4.69, 9.17) is 23.1 Å². The van der Waals surface area contributed by atoms with Gasteiger partial charge >= 0.3 is 0 Å². The minimum Gasteiger partial charge on any atom is -0.382 e. The number of nitrogens with one attached hydrogen (secondary N) is 1. The molecule has 36 heavy (non-hydrogen) atoms. The van der Waals surface area contributed by atoms with E-state index in [1.165, 1.54) is 6.33 Å². The first kappa shape index (κ1) is 26.1. The van der Waals surface area contributed by atoms with Gasteiger partial charge in [0.2, 0.25) is 5.91 Å². The second kappa shape index (κ2) is 10.2. The summed E-state index contributed by atoms with van der Waals surface area (Å²) >= 11 is 6.58. The van der Waals surface area contributed by atoms with Crippen molar-refractivity contribution in [3.05, 3.63) is 40.9 Å². The third-order valence-corrected chi connectivity index (χ3v) is 8.75. The molecule has 0 aliphatic carbocycles. The fourth-order valence-electron chi connectivity index (χ4n) is 4.56. The molecule has 1 aliphatic rings. The molecule has 11 nitrogen and oxygen atoms in total. The highest BCUT2D eigenvalue weighted by Gasteiger charge is 2.41. The van der Waals surface area contributed by atoms with Gasteiger partial charge in [-0.05, 0) is 36.1 Å². The monoisotopic (exact) mass is 534 g/mol. The molecule has 194 valence electrons. The van der Waals surface area contributed by atoms with Gasteiger partial charge < -0.3 is 26.3 Å². The van der Waals surface area contributed by atoms with Crippen LogP contribution in [0.4, 0.5) is 11.5 Å². The van der Waals surface area contributed by atoms with Gasteiger partial charge in [0.25, 0.3) is 0 Å². The second-order valence-electron chi connectivity index (χ2n) is 9.00. The zero-order valence-electron chi connectivity index (χ0n) is 20.4. The van der Waals surface area contributed by atoms with Gasteiger partial charge in [-0.1, -0.05) is 25.4 Å². The Balaban J connectivity index is 1.59. The Morgan fingerprint density at radius 3 is 2.72 bits per heavy atom. The Labute approximate surface area is 215 Å². The molecule has 1 aliphatic heterocycles. The van der Waals surface area contributed by atoms with Crippen LogP contribution < -0.4 is 21.7 Å². The van der Waals surface area contributed by atoms with Crippen LogP contribution in [0.1, 0.15) is 31.4 Å². The highest BCUT2D eigenvalue weighted by atomic mass is 35.5. The molecule has 3 heterocycles. The molecule has 0 spiro atoms. The molecule has 0 bridgehead atoms. The molecule has 1 aromatic carbocycles. The van der Waals surface area contributed by atoms with Crippen LogP contribution >= 0.6 is 11.6 Å². The highest BCUT2D eigenvalue weighted by Crippen LogP contribution is 2.35. The number of nitrogens with two attached hydrogens (primary N) is 2. The molecule has 0 saturated carbocycles. The summed E-state index contributed by atoms with van der Waals surface area (Å²) < 4.78 is 25.4. The fourth-order valence-corrected chi connectivity index (χ4v) is 5.57. The Hall–Kier alpha value is -2.96. The number of aromatic nitrogens is 4. The summed E-state index contributed by atoms with van der Waals surface area (Å²) in [7, 11) is -3.18. The molecular weight excluding hydrogens is 504 g/mol. The summed E-state index contributed by atoms with van der Waals surface area (Å²) in [5.41, 5.74) is 15.4. The number of anilines is 2. The number of imidazole rings is 1. The largest absolute Gasteiger partial charge is 0.382 e. The number of halogens is 1. The van der Waals surface area contributed by atoms with Gasteiger partial charge in [-0.25, -0.2) is 23.4 Å². The second-order valence-corrected chi connectivity index (χ2v) is 11.9. The first-order chi connectivity index (χ1) is 17.1. The number of carbonyl (C=O) groups excluding carboxylic acids is 1. The van der Waals surface area contributed by atoms with Crippen LogP contribution in [0.5, 0.6) is 0 Å². The number of nitrogen functional groups attached to an aromatic ring is 1. The van der Waals surface area contributed by atoms with E-state index in [2.05, 4.69) is 25.2 Å². The zero-order chi connectivity index (χ0) is 26.1. The topological polar surface area (TPSA) is 162 Å². The van der Waals surface area contributed by atoms with Crippen molar-refractivity contribution in [1.82, 2.24) is 24.8 Å². The molecule has 2 aromatic heterocycles. The smallest absolute Gasteiger partial charge is 0.242 e. The van der Waals surface area contributed by atoms with Crippen molar-refractivity contribution in [1.29, 1.82) is 0 Å². The average Bonchev–Trinajstić information content (AvgIpc) is 3.45. The molecule has 13 heteroatoms. The lowest BCUT2D eigenvalue weighted by atomic mass is 9.98. The number of fused-ring (bicyclic) bond motifs is 1. The highest BCUT2D eigenvalue weighted by molar-refractivity contribution is 7.91. The molecule has 4 rings (SSSR count). The lowest BCUT2D eigenvalue weighted by Gasteiger charge is -2.27. The van der Waals surface area contributed by atoms with Gasteiger partial charge in [-0.2, -0.15) is 0 Å². The maximum Gasteiger partial charge on any atom is 0.242 e. The molecule has 0 radical (unpaired) electrons. The third-order valence-electron chi connectivity index (χ3n) is 6.69. The van der Waals surface area contributed by atoms with Crippen LogP contribution in [0, 0.1) is 0 Å². The van der Waals surface area contributed by atoms with Gasteiger partial charge in [0.05, 0.1) is 18.6 Å². The van der Waals surface area contributed by atoms with Crippen molar-refractivity contribution >= 4 is 50.0 Å². The van der Waals surface area contributed by atoms with E-state index in [9.17, 15) is 13.2 Å². The summed E-state index contributed by atoms with van der Waals surface area (Å²) in [6, 6.07) is 3.80. The summed E-state index contributed by atoms with van der Waals surface area (Å²) in [6.07, 6.45) is 4.22.